The highest BCUT2D eigenvalue weighted by Crippen LogP contribution is 2.30. The summed E-state index contributed by atoms with van der Waals surface area (Å²) in [7, 11) is 0. The summed E-state index contributed by atoms with van der Waals surface area (Å²) >= 11 is 0. The highest BCUT2D eigenvalue weighted by Gasteiger charge is 2.22. The van der Waals surface area contributed by atoms with E-state index in [0.717, 1.165) is 11.8 Å². The molecule has 2 rings (SSSR count). The summed E-state index contributed by atoms with van der Waals surface area (Å²) in [6, 6.07) is 0.538. The first-order valence-corrected chi connectivity index (χ1v) is 7.62. The summed E-state index contributed by atoms with van der Waals surface area (Å²) in [5.41, 5.74) is 6.22. The van der Waals surface area contributed by atoms with E-state index in [4.69, 9.17) is 10.7 Å². The average Bonchev–Trinajstić information content (AvgIpc) is 2.40. The first-order chi connectivity index (χ1) is 8.29. The molecule has 0 spiro atoms. The Labute approximate surface area is 106 Å². The Morgan fingerprint density at radius 2 is 1.82 bits per heavy atom. The number of hydrogen-bond acceptors (Lipinski definition) is 1. The average molecular weight is 236 g/mol. The van der Waals surface area contributed by atoms with Crippen molar-refractivity contribution in [3.05, 3.63) is 0 Å². The molecular formula is C15H28N2. The van der Waals surface area contributed by atoms with Gasteiger partial charge in [-0.15, -0.1) is 0 Å². The fourth-order valence-electron chi connectivity index (χ4n) is 3.47. The Morgan fingerprint density at radius 1 is 1.06 bits per heavy atom. The van der Waals surface area contributed by atoms with Crippen molar-refractivity contribution in [1.29, 1.82) is 0 Å². The minimum absolute atomic E-state index is 0.538. The second-order valence-electron chi connectivity index (χ2n) is 5.98. The quantitative estimate of drug-likeness (QED) is 0.586. The summed E-state index contributed by atoms with van der Waals surface area (Å²) in [6.45, 7) is 2.31. The zero-order chi connectivity index (χ0) is 12.1. The number of nitrogens with two attached hydrogens (primary N) is 1. The maximum Gasteiger partial charge on any atom is 0.0971 e. The van der Waals surface area contributed by atoms with Crippen molar-refractivity contribution in [3.63, 3.8) is 0 Å². The van der Waals surface area contributed by atoms with Crippen LogP contribution in [0.25, 0.3) is 0 Å². The predicted molar refractivity (Wildman–Crippen MR) is 74.2 cm³/mol. The number of hydrogen-bond donors (Lipinski definition) is 1. The standard InChI is InChI=1S/C15H28N2/c1-2-12-7-6-10-14(11-12)17-15(16)13-8-4-3-5-9-13/h12-14H,2-11H2,1H3,(H2,16,17). The van der Waals surface area contributed by atoms with Crippen LogP contribution in [0.3, 0.4) is 0 Å². The van der Waals surface area contributed by atoms with Crippen molar-refractivity contribution in [2.75, 3.05) is 0 Å². The van der Waals surface area contributed by atoms with E-state index >= 15 is 0 Å². The molecule has 98 valence electrons. The van der Waals surface area contributed by atoms with Crippen LogP contribution in [-0.2, 0) is 0 Å². The predicted octanol–water partition coefficient (Wildman–Crippen LogP) is 3.89. The van der Waals surface area contributed by atoms with Gasteiger partial charge in [0.25, 0.3) is 0 Å². The minimum Gasteiger partial charge on any atom is -0.387 e. The van der Waals surface area contributed by atoms with Crippen molar-refractivity contribution in [2.45, 2.75) is 77.2 Å². The molecule has 0 aromatic heterocycles. The molecule has 0 amide bonds. The van der Waals surface area contributed by atoms with Gasteiger partial charge in [-0.2, -0.15) is 0 Å². The number of amidine groups is 1. The number of nitrogens with zero attached hydrogens (tertiary/aromatic N) is 1. The highest BCUT2D eigenvalue weighted by molar-refractivity contribution is 5.83. The lowest BCUT2D eigenvalue weighted by Crippen LogP contribution is -2.29. The maximum absolute atomic E-state index is 6.22. The van der Waals surface area contributed by atoms with Crippen LogP contribution in [-0.4, -0.2) is 11.9 Å². The lowest BCUT2D eigenvalue weighted by molar-refractivity contribution is 0.314. The second-order valence-corrected chi connectivity index (χ2v) is 5.98. The molecule has 0 aliphatic heterocycles. The molecule has 2 aliphatic carbocycles. The van der Waals surface area contributed by atoms with Crippen molar-refractivity contribution in [2.24, 2.45) is 22.6 Å². The summed E-state index contributed by atoms with van der Waals surface area (Å²) in [6.07, 6.45) is 13.3. The van der Waals surface area contributed by atoms with E-state index in [1.165, 1.54) is 64.2 Å². The van der Waals surface area contributed by atoms with Crippen LogP contribution in [0.15, 0.2) is 4.99 Å². The molecule has 2 atom stereocenters. The Balaban J connectivity index is 1.88. The van der Waals surface area contributed by atoms with Gasteiger partial charge in [0, 0.05) is 5.92 Å². The summed E-state index contributed by atoms with van der Waals surface area (Å²) in [5, 5.41) is 0. The topological polar surface area (TPSA) is 38.4 Å². The third-order valence-electron chi connectivity index (χ3n) is 4.69. The molecule has 2 saturated carbocycles. The van der Waals surface area contributed by atoms with E-state index < -0.39 is 0 Å². The molecule has 2 heteroatoms. The maximum atomic E-state index is 6.22. The molecule has 17 heavy (non-hydrogen) atoms. The van der Waals surface area contributed by atoms with Crippen LogP contribution in [0, 0.1) is 11.8 Å². The van der Waals surface area contributed by atoms with Gasteiger partial charge in [-0.05, 0) is 31.6 Å². The molecule has 2 aliphatic rings. The molecule has 2 N–H and O–H groups in total. The first kappa shape index (κ1) is 12.9. The van der Waals surface area contributed by atoms with Gasteiger partial charge in [0.1, 0.15) is 0 Å². The Morgan fingerprint density at radius 3 is 2.53 bits per heavy atom. The van der Waals surface area contributed by atoms with Gasteiger partial charge < -0.3 is 5.73 Å². The summed E-state index contributed by atoms with van der Waals surface area (Å²) in [5.74, 6) is 2.48. The lowest BCUT2D eigenvalue weighted by atomic mass is 9.84. The number of aliphatic imine (C=N–C) groups is 1. The first-order valence-electron chi connectivity index (χ1n) is 7.62. The van der Waals surface area contributed by atoms with E-state index in [-0.39, 0.29) is 0 Å². The van der Waals surface area contributed by atoms with E-state index in [2.05, 4.69) is 6.92 Å². The molecule has 2 unspecified atom stereocenters. The normalized spacial score (nSPS) is 32.6. The molecule has 2 nitrogen and oxygen atoms in total. The Kier molecular flexibility index (Phi) is 4.87. The zero-order valence-electron chi connectivity index (χ0n) is 11.3. The Hall–Kier alpha value is -0.530. The monoisotopic (exact) mass is 236 g/mol. The van der Waals surface area contributed by atoms with Gasteiger partial charge in [0.2, 0.25) is 0 Å². The minimum atomic E-state index is 0.538. The molecule has 0 radical (unpaired) electrons. The molecular weight excluding hydrogens is 208 g/mol. The van der Waals surface area contributed by atoms with Crippen molar-refractivity contribution in [3.8, 4) is 0 Å². The third kappa shape index (κ3) is 3.72. The van der Waals surface area contributed by atoms with Gasteiger partial charge in [-0.3, -0.25) is 4.99 Å². The van der Waals surface area contributed by atoms with Crippen LogP contribution in [0.2, 0.25) is 0 Å². The van der Waals surface area contributed by atoms with E-state index in [1.807, 2.05) is 0 Å². The zero-order valence-corrected chi connectivity index (χ0v) is 11.3. The van der Waals surface area contributed by atoms with Crippen molar-refractivity contribution in [1.82, 2.24) is 0 Å². The summed E-state index contributed by atoms with van der Waals surface area (Å²) in [4.78, 5) is 4.85. The van der Waals surface area contributed by atoms with Gasteiger partial charge in [0.05, 0.1) is 11.9 Å². The molecule has 0 saturated heterocycles. The van der Waals surface area contributed by atoms with E-state index in [9.17, 15) is 0 Å². The summed E-state index contributed by atoms with van der Waals surface area (Å²) < 4.78 is 0. The SMILES string of the molecule is CCC1CCCC(N=C(N)C2CCCCC2)C1. The fourth-order valence-corrected chi connectivity index (χ4v) is 3.47. The third-order valence-corrected chi connectivity index (χ3v) is 4.69. The molecule has 0 bridgehead atoms. The van der Waals surface area contributed by atoms with Crippen LogP contribution in [0.5, 0.6) is 0 Å². The molecule has 0 aromatic carbocycles. The Bertz CT molecular complexity index is 254. The van der Waals surface area contributed by atoms with E-state index in [1.54, 1.807) is 0 Å². The van der Waals surface area contributed by atoms with Crippen LogP contribution < -0.4 is 5.73 Å². The largest absolute Gasteiger partial charge is 0.387 e. The molecule has 0 aromatic rings. The molecule has 0 heterocycles. The van der Waals surface area contributed by atoms with Crippen molar-refractivity contribution >= 4 is 5.84 Å². The molecule has 2 fully saturated rings. The fraction of sp³-hybridized carbons (Fsp3) is 0.933. The van der Waals surface area contributed by atoms with Gasteiger partial charge in [-0.1, -0.05) is 45.4 Å². The van der Waals surface area contributed by atoms with Crippen LogP contribution in [0.1, 0.15) is 71.1 Å². The second kappa shape index (κ2) is 6.42. The smallest absolute Gasteiger partial charge is 0.0971 e. The van der Waals surface area contributed by atoms with Gasteiger partial charge >= 0.3 is 0 Å². The van der Waals surface area contributed by atoms with Gasteiger partial charge in [0.15, 0.2) is 0 Å². The number of rotatable bonds is 3. The van der Waals surface area contributed by atoms with Gasteiger partial charge in [-0.25, -0.2) is 0 Å². The van der Waals surface area contributed by atoms with Crippen LogP contribution >= 0.6 is 0 Å². The van der Waals surface area contributed by atoms with E-state index in [0.29, 0.717) is 12.0 Å². The van der Waals surface area contributed by atoms with Crippen molar-refractivity contribution < 1.29 is 0 Å². The highest BCUT2D eigenvalue weighted by atomic mass is 14.9. The van der Waals surface area contributed by atoms with Crippen LogP contribution in [0.4, 0.5) is 0 Å². The lowest BCUT2D eigenvalue weighted by Gasteiger charge is -2.28.